The molecule has 5 heteroatoms. The fourth-order valence-electron chi connectivity index (χ4n) is 1.19. The van der Waals surface area contributed by atoms with Crippen molar-refractivity contribution in [2.24, 2.45) is 5.92 Å². The van der Waals surface area contributed by atoms with Crippen LogP contribution in [0, 0.1) is 5.92 Å². The Balaban J connectivity index is 4.19. The zero-order valence-electron chi connectivity index (χ0n) is 12.0. The van der Waals surface area contributed by atoms with Crippen LogP contribution in [0.15, 0.2) is 12.2 Å². The molecular weight excluding hydrogens is 232 g/mol. The molecule has 104 valence electrons. The highest BCUT2D eigenvalue weighted by molar-refractivity contribution is 5.79. The van der Waals surface area contributed by atoms with Crippen molar-refractivity contribution >= 4 is 12.0 Å². The lowest BCUT2D eigenvalue weighted by atomic mass is 10.1. The Morgan fingerprint density at radius 1 is 1.17 bits per heavy atom. The third kappa shape index (κ3) is 7.70. The molecule has 0 rings (SSSR count). The summed E-state index contributed by atoms with van der Waals surface area (Å²) in [4.78, 5) is 22.7. The minimum Gasteiger partial charge on any atom is -0.444 e. The summed E-state index contributed by atoms with van der Waals surface area (Å²) in [6.07, 6.45) is 3.05. The Hall–Kier alpha value is -1.52. The number of ether oxygens (including phenoxy) is 1. The predicted molar refractivity (Wildman–Crippen MR) is 71.2 cm³/mol. The minimum atomic E-state index is -0.511. The van der Waals surface area contributed by atoms with Gasteiger partial charge in [0.1, 0.15) is 5.60 Å². The Morgan fingerprint density at radius 3 is 2.17 bits per heavy atom. The van der Waals surface area contributed by atoms with Gasteiger partial charge >= 0.3 is 6.09 Å². The van der Waals surface area contributed by atoms with Crippen LogP contribution in [-0.2, 0) is 9.53 Å². The zero-order chi connectivity index (χ0) is 14.3. The van der Waals surface area contributed by atoms with Gasteiger partial charge in [0.25, 0.3) is 0 Å². The van der Waals surface area contributed by atoms with E-state index in [1.54, 1.807) is 46.9 Å². The third-order valence-corrected chi connectivity index (χ3v) is 2.09. The van der Waals surface area contributed by atoms with Crippen LogP contribution in [-0.4, -0.2) is 30.7 Å². The number of hydrogen-bond acceptors (Lipinski definition) is 3. The number of rotatable bonds is 4. The number of hydrogen-bond donors (Lipinski definition) is 2. The molecule has 0 aromatic rings. The Bertz CT molecular complexity index is 319. The van der Waals surface area contributed by atoms with E-state index < -0.39 is 11.7 Å². The highest BCUT2D eigenvalue weighted by Crippen LogP contribution is 2.07. The quantitative estimate of drug-likeness (QED) is 0.754. The zero-order valence-corrected chi connectivity index (χ0v) is 12.0. The second-order valence-corrected chi connectivity index (χ2v) is 5.22. The summed E-state index contributed by atoms with van der Waals surface area (Å²) in [6.45, 7) is 9.02. The van der Waals surface area contributed by atoms with Crippen molar-refractivity contribution in [2.75, 3.05) is 7.05 Å². The number of alkyl carbamates (subject to hydrolysis) is 1. The normalized spacial score (nSPS) is 15.0. The van der Waals surface area contributed by atoms with Crippen LogP contribution >= 0.6 is 0 Å². The summed E-state index contributed by atoms with van der Waals surface area (Å²) >= 11 is 0. The molecule has 5 nitrogen and oxygen atoms in total. The van der Waals surface area contributed by atoms with Gasteiger partial charge in [0, 0.05) is 13.1 Å². The van der Waals surface area contributed by atoms with Crippen LogP contribution in [0.2, 0.25) is 0 Å². The Morgan fingerprint density at radius 2 is 1.72 bits per heavy atom. The van der Waals surface area contributed by atoms with E-state index in [4.69, 9.17) is 4.74 Å². The van der Waals surface area contributed by atoms with Gasteiger partial charge in [0.15, 0.2) is 0 Å². The molecule has 0 spiro atoms. The smallest absolute Gasteiger partial charge is 0.408 e. The molecule has 2 amide bonds. The minimum absolute atomic E-state index is 0.0595. The molecule has 0 aromatic carbocycles. The van der Waals surface area contributed by atoms with E-state index in [0.29, 0.717) is 0 Å². The van der Waals surface area contributed by atoms with Crippen molar-refractivity contribution in [3.63, 3.8) is 0 Å². The van der Waals surface area contributed by atoms with Gasteiger partial charge in [-0.25, -0.2) is 4.79 Å². The molecule has 0 aliphatic rings. The van der Waals surface area contributed by atoms with Crippen LogP contribution in [0.4, 0.5) is 4.79 Å². The summed E-state index contributed by atoms with van der Waals surface area (Å²) in [5.41, 5.74) is -0.511. The lowest BCUT2D eigenvalue weighted by Crippen LogP contribution is -2.37. The maximum absolute atomic E-state index is 11.5. The standard InChI is InChI=1S/C13H24N2O3/c1-9(11(16)14-6)7-8-10(2)15-12(17)18-13(3,4)5/h7-10H,1-6H3,(H,14,16)(H,15,17)/b8-7+/t9-,10-/m0/s1. The molecule has 0 unspecified atom stereocenters. The van der Waals surface area contributed by atoms with Gasteiger partial charge in [-0.3, -0.25) is 4.79 Å². The monoisotopic (exact) mass is 256 g/mol. The average molecular weight is 256 g/mol. The molecular formula is C13H24N2O3. The van der Waals surface area contributed by atoms with E-state index in [9.17, 15) is 9.59 Å². The Labute approximate surface area is 109 Å². The largest absolute Gasteiger partial charge is 0.444 e. The molecule has 0 saturated carbocycles. The van der Waals surface area contributed by atoms with Gasteiger partial charge in [-0.2, -0.15) is 0 Å². The van der Waals surface area contributed by atoms with Gasteiger partial charge in [-0.1, -0.05) is 19.1 Å². The van der Waals surface area contributed by atoms with Crippen molar-refractivity contribution in [1.29, 1.82) is 0 Å². The highest BCUT2D eigenvalue weighted by Gasteiger charge is 2.17. The summed E-state index contributed by atoms with van der Waals surface area (Å²) in [7, 11) is 1.59. The maximum atomic E-state index is 11.5. The second kappa shape index (κ2) is 7.03. The first-order chi connectivity index (χ1) is 8.15. The van der Waals surface area contributed by atoms with Crippen LogP contribution in [0.25, 0.3) is 0 Å². The lowest BCUT2D eigenvalue weighted by molar-refractivity contribution is -0.122. The SMILES string of the molecule is CNC(=O)[C@@H](C)/C=C/[C@H](C)NC(=O)OC(C)(C)C. The van der Waals surface area contributed by atoms with Gasteiger partial charge in [0.05, 0.1) is 5.92 Å². The van der Waals surface area contributed by atoms with E-state index in [-0.39, 0.29) is 17.9 Å². The van der Waals surface area contributed by atoms with Crippen LogP contribution in [0.3, 0.4) is 0 Å². The van der Waals surface area contributed by atoms with Gasteiger partial charge < -0.3 is 15.4 Å². The first kappa shape index (κ1) is 16.5. The highest BCUT2D eigenvalue weighted by atomic mass is 16.6. The molecule has 2 N–H and O–H groups in total. The van der Waals surface area contributed by atoms with E-state index in [1.807, 2.05) is 6.92 Å². The van der Waals surface area contributed by atoms with Gasteiger partial charge in [0.2, 0.25) is 5.91 Å². The number of amides is 2. The maximum Gasteiger partial charge on any atom is 0.408 e. The summed E-state index contributed by atoms with van der Waals surface area (Å²) < 4.78 is 5.12. The molecule has 0 bridgehead atoms. The van der Waals surface area contributed by atoms with Crippen molar-refractivity contribution < 1.29 is 14.3 Å². The summed E-state index contributed by atoms with van der Waals surface area (Å²) in [5.74, 6) is -0.284. The number of carbonyl (C=O) groups is 2. The first-order valence-electron chi connectivity index (χ1n) is 6.05. The van der Waals surface area contributed by atoms with Crippen LogP contribution < -0.4 is 10.6 Å². The molecule has 0 aliphatic carbocycles. The van der Waals surface area contributed by atoms with E-state index >= 15 is 0 Å². The molecule has 0 aliphatic heterocycles. The van der Waals surface area contributed by atoms with Gasteiger partial charge in [-0.05, 0) is 27.7 Å². The van der Waals surface area contributed by atoms with E-state index in [2.05, 4.69) is 10.6 Å². The van der Waals surface area contributed by atoms with E-state index in [0.717, 1.165) is 0 Å². The van der Waals surface area contributed by atoms with Crippen LogP contribution in [0.1, 0.15) is 34.6 Å². The molecule has 18 heavy (non-hydrogen) atoms. The number of nitrogens with one attached hydrogen (secondary N) is 2. The molecule has 0 heterocycles. The van der Waals surface area contributed by atoms with Crippen molar-refractivity contribution in [1.82, 2.24) is 10.6 Å². The molecule has 0 saturated heterocycles. The molecule has 2 atom stereocenters. The summed E-state index contributed by atoms with van der Waals surface area (Å²) in [6, 6.07) is -0.188. The fourth-order valence-corrected chi connectivity index (χ4v) is 1.19. The lowest BCUT2D eigenvalue weighted by Gasteiger charge is -2.21. The third-order valence-electron chi connectivity index (χ3n) is 2.09. The van der Waals surface area contributed by atoms with Crippen molar-refractivity contribution in [2.45, 2.75) is 46.3 Å². The Kier molecular flexibility index (Phi) is 6.44. The molecule has 0 fully saturated rings. The topological polar surface area (TPSA) is 67.4 Å². The van der Waals surface area contributed by atoms with Crippen molar-refractivity contribution in [3.8, 4) is 0 Å². The first-order valence-corrected chi connectivity index (χ1v) is 6.05. The second-order valence-electron chi connectivity index (χ2n) is 5.22. The van der Waals surface area contributed by atoms with E-state index in [1.165, 1.54) is 0 Å². The molecule has 0 radical (unpaired) electrons. The molecule has 0 aromatic heterocycles. The van der Waals surface area contributed by atoms with Gasteiger partial charge in [-0.15, -0.1) is 0 Å². The van der Waals surface area contributed by atoms with Crippen molar-refractivity contribution in [3.05, 3.63) is 12.2 Å². The average Bonchev–Trinajstić information content (AvgIpc) is 2.21. The predicted octanol–water partition coefficient (Wildman–Crippen LogP) is 1.84. The van der Waals surface area contributed by atoms with Crippen LogP contribution in [0.5, 0.6) is 0 Å². The fraction of sp³-hybridized carbons (Fsp3) is 0.692. The summed E-state index contributed by atoms with van der Waals surface area (Å²) in [5, 5.41) is 5.23. The number of carbonyl (C=O) groups excluding carboxylic acids is 2.